The fourth-order valence-electron chi connectivity index (χ4n) is 3.99. The summed E-state index contributed by atoms with van der Waals surface area (Å²) in [6.07, 6.45) is 0.582. The molecule has 2 aliphatic carbocycles. The van der Waals surface area contributed by atoms with Crippen LogP contribution in [0, 0.1) is 17.8 Å². The molecule has 0 saturated heterocycles. The summed E-state index contributed by atoms with van der Waals surface area (Å²) in [5.74, 6) is 0.555. The van der Waals surface area contributed by atoms with E-state index in [9.17, 15) is 15.0 Å². The Bertz CT molecular complexity index is 695. The van der Waals surface area contributed by atoms with Crippen LogP contribution in [0.3, 0.4) is 0 Å². The van der Waals surface area contributed by atoms with Crippen molar-refractivity contribution in [2.24, 2.45) is 17.8 Å². The number of nitrogens with one attached hydrogen (secondary N) is 1. The average molecular weight is 349 g/mol. The molecular formula is C17H19NO3S2. The second-order valence-electron chi connectivity index (χ2n) is 6.49. The van der Waals surface area contributed by atoms with Crippen LogP contribution in [-0.4, -0.2) is 34.9 Å². The molecule has 122 valence electrons. The van der Waals surface area contributed by atoms with Gasteiger partial charge in [-0.05, 0) is 54.2 Å². The lowest BCUT2D eigenvalue weighted by atomic mass is 9.85. The van der Waals surface area contributed by atoms with Crippen LogP contribution in [0.25, 0.3) is 9.75 Å². The van der Waals surface area contributed by atoms with E-state index in [0.29, 0.717) is 6.54 Å². The summed E-state index contributed by atoms with van der Waals surface area (Å²) in [5.41, 5.74) is 0. The summed E-state index contributed by atoms with van der Waals surface area (Å²) in [4.78, 5) is 15.3. The highest BCUT2D eigenvalue weighted by Crippen LogP contribution is 2.48. The molecule has 0 spiro atoms. The number of rotatable bonds is 4. The van der Waals surface area contributed by atoms with Crippen molar-refractivity contribution in [2.75, 3.05) is 6.54 Å². The third-order valence-corrected chi connectivity index (χ3v) is 7.33. The molecule has 4 rings (SSSR count). The van der Waals surface area contributed by atoms with E-state index in [0.717, 1.165) is 22.6 Å². The maximum Gasteiger partial charge on any atom is 0.261 e. The SMILES string of the molecule is O=C(NC[C@H]1C[C@@H]2C[C@H]1[C@@H](O)[C@H]2O)c1ccc(-c2cccs2)s1. The van der Waals surface area contributed by atoms with Crippen molar-refractivity contribution in [1.29, 1.82) is 0 Å². The maximum atomic E-state index is 12.3. The zero-order valence-corrected chi connectivity index (χ0v) is 14.1. The van der Waals surface area contributed by atoms with Gasteiger partial charge in [-0.3, -0.25) is 4.79 Å². The van der Waals surface area contributed by atoms with Gasteiger partial charge in [-0.25, -0.2) is 0 Å². The molecule has 0 aromatic carbocycles. The van der Waals surface area contributed by atoms with E-state index >= 15 is 0 Å². The molecule has 5 atom stereocenters. The van der Waals surface area contributed by atoms with Crippen molar-refractivity contribution in [3.05, 3.63) is 34.5 Å². The minimum atomic E-state index is -0.622. The Labute approximate surface area is 142 Å². The van der Waals surface area contributed by atoms with E-state index < -0.39 is 12.2 Å². The fraction of sp³-hybridized carbons (Fsp3) is 0.471. The Morgan fingerprint density at radius 2 is 2.04 bits per heavy atom. The molecule has 2 fully saturated rings. The van der Waals surface area contributed by atoms with E-state index in [1.54, 1.807) is 11.3 Å². The standard InChI is InChI=1S/C17H19NO3S2/c19-15-9-6-10(11(7-9)16(15)20)8-18-17(21)14-4-3-13(23-14)12-2-1-5-22-12/h1-5,9-11,15-16,19-20H,6-8H2,(H,18,21)/t9-,10-,11-,15+,16-/m1/s1. The number of thiophene rings is 2. The Hall–Kier alpha value is -1.21. The van der Waals surface area contributed by atoms with Crippen LogP contribution in [0.5, 0.6) is 0 Å². The number of hydrogen-bond acceptors (Lipinski definition) is 5. The summed E-state index contributed by atoms with van der Waals surface area (Å²) in [7, 11) is 0. The van der Waals surface area contributed by atoms with Crippen LogP contribution in [0.2, 0.25) is 0 Å². The molecular weight excluding hydrogens is 330 g/mol. The molecule has 0 radical (unpaired) electrons. The third kappa shape index (κ3) is 2.74. The predicted molar refractivity (Wildman–Crippen MR) is 91.7 cm³/mol. The summed E-state index contributed by atoms with van der Waals surface area (Å²) in [6, 6.07) is 7.92. The first-order valence-electron chi connectivity index (χ1n) is 7.91. The minimum absolute atomic E-state index is 0.0457. The smallest absolute Gasteiger partial charge is 0.261 e. The maximum absolute atomic E-state index is 12.3. The molecule has 4 nitrogen and oxygen atoms in total. The van der Waals surface area contributed by atoms with Crippen LogP contribution in [-0.2, 0) is 0 Å². The molecule has 0 aliphatic heterocycles. The van der Waals surface area contributed by atoms with Crippen molar-refractivity contribution < 1.29 is 15.0 Å². The first-order chi connectivity index (χ1) is 11.1. The van der Waals surface area contributed by atoms with Crippen LogP contribution >= 0.6 is 22.7 Å². The van der Waals surface area contributed by atoms with E-state index in [-0.39, 0.29) is 23.7 Å². The van der Waals surface area contributed by atoms with E-state index in [1.165, 1.54) is 16.2 Å². The molecule has 23 heavy (non-hydrogen) atoms. The largest absolute Gasteiger partial charge is 0.390 e. The summed E-state index contributed by atoms with van der Waals surface area (Å²) >= 11 is 3.18. The van der Waals surface area contributed by atoms with Gasteiger partial charge in [-0.2, -0.15) is 0 Å². The Morgan fingerprint density at radius 3 is 2.74 bits per heavy atom. The third-order valence-electron chi connectivity index (χ3n) is 5.18. The predicted octanol–water partition coefficient (Wildman–Crippen LogP) is 2.58. The van der Waals surface area contributed by atoms with E-state index in [4.69, 9.17) is 0 Å². The Balaban J connectivity index is 1.36. The second kappa shape index (κ2) is 6.02. The summed E-state index contributed by atoms with van der Waals surface area (Å²) < 4.78 is 0. The van der Waals surface area contributed by atoms with Crippen molar-refractivity contribution in [1.82, 2.24) is 5.32 Å². The van der Waals surface area contributed by atoms with Crippen molar-refractivity contribution in [2.45, 2.75) is 25.0 Å². The van der Waals surface area contributed by atoms with Crippen LogP contribution in [0.4, 0.5) is 0 Å². The number of hydrogen-bond donors (Lipinski definition) is 3. The molecule has 2 saturated carbocycles. The van der Waals surface area contributed by atoms with E-state index in [1.807, 2.05) is 23.6 Å². The minimum Gasteiger partial charge on any atom is -0.390 e. The van der Waals surface area contributed by atoms with Gasteiger partial charge < -0.3 is 15.5 Å². The van der Waals surface area contributed by atoms with Crippen LogP contribution in [0.15, 0.2) is 29.6 Å². The number of amides is 1. The second-order valence-corrected chi connectivity index (χ2v) is 8.52. The lowest BCUT2D eigenvalue weighted by molar-refractivity contribution is -0.0332. The molecule has 2 heterocycles. The number of carbonyl (C=O) groups excluding carboxylic acids is 1. The highest BCUT2D eigenvalue weighted by atomic mass is 32.1. The summed E-state index contributed by atoms with van der Waals surface area (Å²) in [6.45, 7) is 0.579. The van der Waals surface area contributed by atoms with Gasteiger partial charge in [0.25, 0.3) is 5.91 Å². The van der Waals surface area contributed by atoms with Crippen molar-refractivity contribution in [3.8, 4) is 9.75 Å². The van der Waals surface area contributed by atoms with Gasteiger partial charge in [0.05, 0.1) is 17.1 Å². The number of aliphatic hydroxyl groups is 2. The van der Waals surface area contributed by atoms with E-state index in [2.05, 4.69) is 11.4 Å². The van der Waals surface area contributed by atoms with Gasteiger partial charge in [-0.15, -0.1) is 22.7 Å². The van der Waals surface area contributed by atoms with Gasteiger partial charge in [0.2, 0.25) is 0 Å². The monoisotopic (exact) mass is 349 g/mol. The average Bonchev–Trinajstić information content (AvgIpc) is 3.31. The molecule has 2 bridgehead atoms. The molecule has 2 aromatic rings. The van der Waals surface area contributed by atoms with Crippen molar-refractivity contribution in [3.63, 3.8) is 0 Å². The van der Waals surface area contributed by atoms with Crippen LogP contribution < -0.4 is 5.32 Å². The molecule has 2 aromatic heterocycles. The first kappa shape index (κ1) is 15.3. The Kier molecular flexibility index (Phi) is 4.01. The highest BCUT2D eigenvalue weighted by Gasteiger charge is 2.51. The number of carbonyl (C=O) groups is 1. The quantitative estimate of drug-likeness (QED) is 0.795. The van der Waals surface area contributed by atoms with Gasteiger partial charge in [0.1, 0.15) is 0 Å². The molecule has 0 unspecified atom stereocenters. The van der Waals surface area contributed by atoms with Gasteiger partial charge in [-0.1, -0.05) is 6.07 Å². The molecule has 3 N–H and O–H groups in total. The molecule has 1 amide bonds. The van der Waals surface area contributed by atoms with Gasteiger partial charge in [0, 0.05) is 16.3 Å². The summed E-state index contributed by atoms with van der Waals surface area (Å²) in [5, 5.41) is 24.8. The number of fused-ring (bicyclic) bond motifs is 2. The number of aliphatic hydroxyl groups excluding tert-OH is 2. The molecule has 6 heteroatoms. The fourth-order valence-corrected chi connectivity index (χ4v) is 5.74. The van der Waals surface area contributed by atoms with Crippen molar-refractivity contribution >= 4 is 28.6 Å². The lowest BCUT2D eigenvalue weighted by Gasteiger charge is -2.29. The highest BCUT2D eigenvalue weighted by molar-refractivity contribution is 7.22. The first-order valence-corrected chi connectivity index (χ1v) is 9.61. The molecule has 2 aliphatic rings. The van der Waals surface area contributed by atoms with Crippen LogP contribution in [0.1, 0.15) is 22.5 Å². The normalized spacial score (nSPS) is 32.3. The lowest BCUT2D eigenvalue weighted by Crippen LogP contribution is -2.41. The van der Waals surface area contributed by atoms with Gasteiger partial charge >= 0.3 is 0 Å². The topological polar surface area (TPSA) is 69.6 Å². The zero-order valence-electron chi connectivity index (χ0n) is 12.5. The Morgan fingerprint density at radius 1 is 1.17 bits per heavy atom. The van der Waals surface area contributed by atoms with Gasteiger partial charge in [0.15, 0.2) is 0 Å². The zero-order chi connectivity index (χ0) is 16.0.